The number of aromatic nitrogens is 2. The molecule has 9 heteroatoms. The number of Topliss-reactive ketones (excluding diaryl/α,β-unsaturated/α-hetero) is 1. The van der Waals surface area contributed by atoms with Gasteiger partial charge in [0.15, 0.2) is 10.1 Å². The molecule has 2 aromatic heterocycles. The van der Waals surface area contributed by atoms with Crippen LogP contribution in [0, 0.1) is 5.41 Å². The van der Waals surface area contributed by atoms with E-state index in [2.05, 4.69) is 20.8 Å². The minimum absolute atomic E-state index is 0.0102. The summed E-state index contributed by atoms with van der Waals surface area (Å²) in [5.41, 5.74) is 0.788. The van der Waals surface area contributed by atoms with Crippen molar-refractivity contribution >= 4 is 45.6 Å². The quantitative estimate of drug-likeness (QED) is 0.395. The Hall–Kier alpha value is -2.65. The summed E-state index contributed by atoms with van der Waals surface area (Å²) < 4.78 is 5.97. The molecule has 0 saturated carbocycles. The number of thioether (sulfide) groups is 1. The molecule has 2 N–H and O–H groups in total. The van der Waals surface area contributed by atoms with Crippen molar-refractivity contribution in [2.24, 2.45) is 5.41 Å². The summed E-state index contributed by atoms with van der Waals surface area (Å²) >= 11 is 2.74. The maximum Gasteiger partial charge on any atom is 0.229 e. The van der Waals surface area contributed by atoms with E-state index in [-0.39, 0.29) is 17.4 Å². The van der Waals surface area contributed by atoms with Crippen LogP contribution in [0.2, 0.25) is 0 Å². The average molecular weight is 431 g/mol. The van der Waals surface area contributed by atoms with Crippen LogP contribution < -0.4 is 10.6 Å². The number of benzene rings is 1. The Morgan fingerprint density at radius 2 is 1.90 bits per heavy atom. The normalized spacial score (nSPS) is 11.3. The molecule has 0 aliphatic rings. The summed E-state index contributed by atoms with van der Waals surface area (Å²) in [5.74, 6) is 0.996. The van der Waals surface area contributed by atoms with Gasteiger partial charge in [0.1, 0.15) is 5.76 Å². The molecule has 0 unspecified atom stereocenters. The van der Waals surface area contributed by atoms with E-state index in [4.69, 9.17) is 4.42 Å². The molecule has 0 atom stereocenters. The zero-order chi connectivity index (χ0) is 20.9. The SMILES string of the molecule is CC(C)(C)C(=O)Nc1ccc(C(=O)CSc2nnc(NCc3ccco3)s2)cc1. The van der Waals surface area contributed by atoms with Gasteiger partial charge in [-0.2, -0.15) is 0 Å². The van der Waals surface area contributed by atoms with Crippen LogP contribution >= 0.6 is 23.1 Å². The molecule has 3 aromatic rings. The van der Waals surface area contributed by atoms with Gasteiger partial charge in [-0.1, -0.05) is 43.9 Å². The Labute approximate surface area is 177 Å². The molecule has 0 radical (unpaired) electrons. The average Bonchev–Trinajstić information content (AvgIpc) is 3.36. The Bertz CT molecular complexity index is 961. The summed E-state index contributed by atoms with van der Waals surface area (Å²) in [6.07, 6.45) is 1.62. The molecule has 0 fully saturated rings. The summed E-state index contributed by atoms with van der Waals surface area (Å²) in [6, 6.07) is 10.6. The maximum atomic E-state index is 12.4. The maximum absolute atomic E-state index is 12.4. The Morgan fingerprint density at radius 3 is 2.55 bits per heavy atom. The number of rotatable bonds is 8. The van der Waals surface area contributed by atoms with Gasteiger partial charge in [0, 0.05) is 16.7 Å². The van der Waals surface area contributed by atoms with E-state index in [9.17, 15) is 9.59 Å². The summed E-state index contributed by atoms with van der Waals surface area (Å²) in [6.45, 7) is 6.08. The predicted molar refractivity (Wildman–Crippen MR) is 116 cm³/mol. The fourth-order valence-corrected chi connectivity index (χ4v) is 3.83. The highest BCUT2D eigenvalue weighted by Crippen LogP contribution is 2.26. The van der Waals surface area contributed by atoms with Crippen molar-refractivity contribution in [2.75, 3.05) is 16.4 Å². The van der Waals surface area contributed by atoms with Crippen molar-refractivity contribution in [1.82, 2.24) is 10.2 Å². The van der Waals surface area contributed by atoms with Crippen LogP contribution in [0.4, 0.5) is 10.8 Å². The minimum atomic E-state index is -0.474. The first-order valence-electron chi connectivity index (χ1n) is 8.98. The van der Waals surface area contributed by atoms with Crippen molar-refractivity contribution in [3.63, 3.8) is 0 Å². The Balaban J connectivity index is 1.48. The van der Waals surface area contributed by atoms with Crippen LogP contribution in [0.3, 0.4) is 0 Å². The molecule has 1 aromatic carbocycles. The van der Waals surface area contributed by atoms with E-state index in [1.807, 2.05) is 32.9 Å². The van der Waals surface area contributed by atoms with Crippen LogP contribution in [-0.2, 0) is 11.3 Å². The van der Waals surface area contributed by atoms with Crippen molar-refractivity contribution in [3.05, 3.63) is 54.0 Å². The molecule has 3 rings (SSSR count). The monoisotopic (exact) mass is 430 g/mol. The van der Waals surface area contributed by atoms with Crippen LogP contribution in [0.1, 0.15) is 36.9 Å². The van der Waals surface area contributed by atoms with Crippen molar-refractivity contribution in [2.45, 2.75) is 31.7 Å². The van der Waals surface area contributed by atoms with Gasteiger partial charge in [-0.3, -0.25) is 9.59 Å². The summed E-state index contributed by atoms with van der Waals surface area (Å²) in [4.78, 5) is 24.4. The number of hydrogen-bond donors (Lipinski definition) is 2. The number of hydrogen-bond acceptors (Lipinski definition) is 8. The molecule has 152 valence electrons. The van der Waals surface area contributed by atoms with Gasteiger partial charge in [-0.15, -0.1) is 10.2 Å². The third-order valence-electron chi connectivity index (χ3n) is 3.87. The first-order valence-corrected chi connectivity index (χ1v) is 10.8. The molecule has 0 bridgehead atoms. The number of furan rings is 1. The fourth-order valence-electron chi connectivity index (χ4n) is 2.18. The highest BCUT2D eigenvalue weighted by atomic mass is 32.2. The van der Waals surface area contributed by atoms with Gasteiger partial charge in [0.2, 0.25) is 11.0 Å². The highest BCUT2D eigenvalue weighted by Gasteiger charge is 2.21. The van der Waals surface area contributed by atoms with Crippen LogP contribution in [0.5, 0.6) is 0 Å². The third-order valence-corrected chi connectivity index (χ3v) is 5.89. The second kappa shape index (κ2) is 9.23. The molecule has 1 amide bonds. The number of amides is 1. The van der Waals surface area contributed by atoms with Gasteiger partial charge in [0.05, 0.1) is 18.6 Å². The van der Waals surface area contributed by atoms with Crippen LogP contribution in [0.15, 0.2) is 51.4 Å². The second-order valence-corrected chi connectivity index (χ2v) is 9.50. The van der Waals surface area contributed by atoms with Gasteiger partial charge < -0.3 is 15.1 Å². The molecular formula is C20H22N4O3S2. The van der Waals surface area contributed by atoms with E-state index in [0.29, 0.717) is 27.3 Å². The second-order valence-electron chi connectivity index (χ2n) is 7.30. The number of carbonyl (C=O) groups is 2. The molecule has 0 aliphatic carbocycles. The Morgan fingerprint density at radius 1 is 1.14 bits per heavy atom. The van der Waals surface area contributed by atoms with Gasteiger partial charge in [-0.05, 0) is 36.4 Å². The molecule has 29 heavy (non-hydrogen) atoms. The number of anilines is 2. The molecule has 7 nitrogen and oxygen atoms in total. The number of ketones is 1. The van der Waals surface area contributed by atoms with Crippen molar-refractivity contribution < 1.29 is 14.0 Å². The lowest BCUT2D eigenvalue weighted by Crippen LogP contribution is -2.27. The lowest BCUT2D eigenvalue weighted by atomic mass is 9.95. The molecule has 0 aliphatic heterocycles. The summed E-state index contributed by atoms with van der Waals surface area (Å²) in [7, 11) is 0. The lowest BCUT2D eigenvalue weighted by Gasteiger charge is -2.17. The van der Waals surface area contributed by atoms with Crippen LogP contribution in [0.25, 0.3) is 0 Å². The minimum Gasteiger partial charge on any atom is -0.467 e. The number of nitrogens with zero attached hydrogens (tertiary/aromatic N) is 2. The Kier molecular flexibility index (Phi) is 6.71. The van der Waals surface area contributed by atoms with E-state index in [1.165, 1.54) is 23.1 Å². The third kappa shape index (κ3) is 6.16. The first kappa shape index (κ1) is 21.1. The predicted octanol–water partition coefficient (Wildman–Crippen LogP) is 4.70. The molecular weight excluding hydrogens is 408 g/mol. The van der Waals surface area contributed by atoms with E-state index in [0.717, 1.165) is 5.76 Å². The number of nitrogens with one attached hydrogen (secondary N) is 2. The molecule has 0 spiro atoms. The zero-order valence-corrected chi connectivity index (χ0v) is 18.0. The van der Waals surface area contributed by atoms with Crippen LogP contribution in [-0.4, -0.2) is 27.6 Å². The van der Waals surface area contributed by atoms with Gasteiger partial charge >= 0.3 is 0 Å². The van der Waals surface area contributed by atoms with Crippen molar-refractivity contribution in [1.29, 1.82) is 0 Å². The standard InChI is InChI=1S/C20H22N4O3S2/c1-20(2,3)17(26)22-14-8-6-13(7-9-14)16(25)12-28-19-24-23-18(29-19)21-11-15-5-4-10-27-15/h4-10H,11-12H2,1-3H3,(H,21,23)(H,22,26). The van der Waals surface area contributed by atoms with Gasteiger partial charge in [0.25, 0.3) is 0 Å². The summed E-state index contributed by atoms with van der Waals surface area (Å²) in [5, 5.41) is 14.8. The highest BCUT2D eigenvalue weighted by molar-refractivity contribution is 8.01. The fraction of sp³-hybridized carbons (Fsp3) is 0.300. The van der Waals surface area contributed by atoms with Gasteiger partial charge in [-0.25, -0.2) is 0 Å². The van der Waals surface area contributed by atoms with E-state index < -0.39 is 5.41 Å². The van der Waals surface area contributed by atoms with Crippen molar-refractivity contribution in [3.8, 4) is 0 Å². The first-order chi connectivity index (χ1) is 13.8. The smallest absolute Gasteiger partial charge is 0.229 e. The largest absolute Gasteiger partial charge is 0.467 e. The molecule has 2 heterocycles. The number of carbonyl (C=O) groups excluding carboxylic acids is 2. The lowest BCUT2D eigenvalue weighted by molar-refractivity contribution is -0.123. The van der Waals surface area contributed by atoms with E-state index in [1.54, 1.807) is 30.5 Å². The molecule has 0 saturated heterocycles. The van der Waals surface area contributed by atoms with E-state index >= 15 is 0 Å². The zero-order valence-electron chi connectivity index (χ0n) is 16.4. The topological polar surface area (TPSA) is 97.1 Å².